The van der Waals surface area contributed by atoms with Gasteiger partial charge in [0.25, 0.3) is 0 Å². The van der Waals surface area contributed by atoms with Crippen molar-refractivity contribution in [3.8, 4) is 0 Å². The zero-order valence-corrected chi connectivity index (χ0v) is 11.6. The van der Waals surface area contributed by atoms with E-state index in [9.17, 15) is 5.11 Å². The van der Waals surface area contributed by atoms with Crippen LogP contribution in [0.2, 0.25) is 0 Å². The molecule has 2 aliphatic rings. The van der Waals surface area contributed by atoms with E-state index in [1.54, 1.807) is 0 Å². The molecule has 0 spiro atoms. The van der Waals surface area contributed by atoms with E-state index in [0.717, 1.165) is 6.54 Å². The highest BCUT2D eigenvalue weighted by Crippen LogP contribution is 2.40. The molecule has 1 unspecified atom stereocenters. The van der Waals surface area contributed by atoms with Crippen LogP contribution in [0.3, 0.4) is 0 Å². The third-order valence-corrected chi connectivity index (χ3v) is 4.85. The van der Waals surface area contributed by atoms with Crippen molar-refractivity contribution in [3.63, 3.8) is 0 Å². The van der Waals surface area contributed by atoms with Crippen molar-refractivity contribution in [3.05, 3.63) is 0 Å². The van der Waals surface area contributed by atoms with Gasteiger partial charge >= 0.3 is 0 Å². The predicted octanol–water partition coefficient (Wildman–Crippen LogP) is 1.47. The quantitative estimate of drug-likeness (QED) is 0.764. The number of aliphatic hydroxyl groups is 1. The van der Waals surface area contributed by atoms with Crippen LogP contribution < -0.4 is 5.32 Å². The Morgan fingerprint density at radius 2 is 1.88 bits per heavy atom. The standard InChI is InChI=1S/C14H28N2O/c1-13(2)6-8-16(9-7-13)10-14(11-17,15-3)12-4-5-12/h12,15,17H,4-11H2,1-3H3. The zero-order valence-electron chi connectivity index (χ0n) is 11.6. The van der Waals surface area contributed by atoms with Gasteiger partial charge in [-0.25, -0.2) is 0 Å². The molecule has 3 heteroatoms. The number of nitrogens with one attached hydrogen (secondary N) is 1. The van der Waals surface area contributed by atoms with Crippen molar-refractivity contribution in [2.24, 2.45) is 11.3 Å². The lowest BCUT2D eigenvalue weighted by atomic mass is 9.82. The molecule has 17 heavy (non-hydrogen) atoms. The van der Waals surface area contributed by atoms with Gasteiger partial charge in [-0.05, 0) is 57.2 Å². The number of hydrogen-bond donors (Lipinski definition) is 2. The smallest absolute Gasteiger partial charge is 0.0628 e. The highest BCUT2D eigenvalue weighted by molar-refractivity contribution is 5.02. The predicted molar refractivity (Wildman–Crippen MR) is 71.1 cm³/mol. The summed E-state index contributed by atoms with van der Waals surface area (Å²) in [6.07, 6.45) is 5.12. The van der Waals surface area contributed by atoms with Crippen LogP contribution in [0.1, 0.15) is 39.5 Å². The first-order chi connectivity index (χ1) is 8.01. The molecule has 0 aromatic rings. The monoisotopic (exact) mass is 240 g/mol. The Labute approximate surface area is 106 Å². The molecule has 100 valence electrons. The molecule has 1 heterocycles. The fourth-order valence-corrected chi connectivity index (χ4v) is 3.02. The van der Waals surface area contributed by atoms with Crippen LogP contribution >= 0.6 is 0 Å². The third kappa shape index (κ3) is 3.01. The van der Waals surface area contributed by atoms with Crippen molar-refractivity contribution < 1.29 is 5.11 Å². The summed E-state index contributed by atoms with van der Waals surface area (Å²) in [5.41, 5.74) is 0.471. The average Bonchev–Trinajstić information content (AvgIpc) is 3.13. The summed E-state index contributed by atoms with van der Waals surface area (Å²) in [4.78, 5) is 2.54. The first kappa shape index (κ1) is 13.3. The van der Waals surface area contributed by atoms with Crippen LogP contribution in [0.5, 0.6) is 0 Å². The number of hydrogen-bond acceptors (Lipinski definition) is 3. The van der Waals surface area contributed by atoms with Crippen LogP contribution in [0, 0.1) is 11.3 Å². The second-order valence-corrected chi connectivity index (χ2v) is 6.78. The molecule has 0 aromatic heterocycles. The van der Waals surface area contributed by atoms with Gasteiger partial charge in [0.05, 0.1) is 12.1 Å². The molecule has 0 radical (unpaired) electrons. The highest BCUT2D eigenvalue weighted by atomic mass is 16.3. The molecule has 3 nitrogen and oxygen atoms in total. The van der Waals surface area contributed by atoms with Crippen LogP contribution in [0.15, 0.2) is 0 Å². The Morgan fingerprint density at radius 3 is 2.29 bits per heavy atom. The fraction of sp³-hybridized carbons (Fsp3) is 1.00. The molecule has 0 bridgehead atoms. The van der Waals surface area contributed by atoms with Gasteiger partial charge in [0.1, 0.15) is 0 Å². The van der Waals surface area contributed by atoms with E-state index in [1.807, 2.05) is 7.05 Å². The van der Waals surface area contributed by atoms with E-state index in [4.69, 9.17) is 0 Å². The maximum Gasteiger partial charge on any atom is 0.0628 e. The summed E-state index contributed by atoms with van der Waals surface area (Å²) in [6.45, 7) is 8.38. The van der Waals surface area contributed by atoms with Crippen LogP contribution in [0.4, 0.5) is 0 Å². The molecule has 1 saturated heterocycles. The van der Waals surface area contributed by atoms with Gasteiger partial charge in [-0.1, -0.05) is 13.8 Å². The second-order valence-electron chi connectivity index (χ2n) is 6.78. The van der Waals surface area contributed by atoms with Crippen LogP contribution in [-0.2, 0) is 0 Å². The normalized spacial score (nSPS) is 28.9. The lowest BCUT2D eigenvalue weighted by Crippen LogP contribution is -2.58. The van der Waals surface area contributed by atoms with Gasteiger partial charge in [0.15, 0.2) is 0 Å². The zero-order chi connectivity index (χ0) is 12.5. The summed E-state index contributed by atoms with van der Waals surface area (Å²) in [6, 6.07) is 0. The van der Waals surface area contributed by atoms with Crippen LogP contribution in [-0.4, -0.2) is 48.8 Å². The number of nitrogens with zero attached hydrogens (tertiary/aromatic N) is 1. The third-order valence-electron chi connectivity index (χ3n) is 4.85. The first-order valence-corrected chi connectivity index (χ1v) is 7.03. The highest BCUT2D eigenvalue weighted by Gasteiger charge is 2.45. The molecule has 1 aliphatic heterocycles. The Kier molecular flexibility index (Phi) is 3.81. The van der Waals surface area contributed by atoms with Crippen molar-refractivity contribution in [2.45, 2.75) is 45.1 Å². The van der Waals surface area contributed by atoms with E-state index in [0.29, 0.717) is 11.3 Å². The van der Waals surface area contributed by atoms with E-state index < -0.39 is 0 Å². The van der Waals surface area contributed by atoms with Gasteiger partial charge in [0.2, 0.25) is 0 Å². The lowest BCUT2D eigenvalue weighted by molar-refractivity contribution is 0.0620. The maximum absolute atomic E-state index is 9.73. The molecule has 0 aromatic carbocycles. The summed E-state index contributed by atoms with van der Waals surface area (Å²) in [5, 5.41) is 13.1. The number of piperidine rings is 1. The number of rotatable bonds is 5. The minimum Gasteiger partial charge on any atom is -0.394 e. The summed E-state index contributed by atoms with van der Waals surface area (Å²) < 4.78 is 0. The maximum atomic E-state index is 9.73. The van der Waals surface area contributed by atoms with Crippen molar-refractivity contribution in [1.82, 2.24) is 10.2 Å². The topological polar surface area (TPSA) is 35.5 Å². The number of likely N-dealkylation sites (N-methyl/N-ethyl adjacent to an activating group) is 1. The molecule has 1 aliphatic carbocycles. The van der Waals surface area contributed by atoms with Crippen molar-refractivity contribution in [1.29, 1.82) is 0 Å². The average molecular weight is 240 g/mol. The van der Waals surface area contributed by atoms with Gasteiger partial charge in [-0.3, -0.25) is 0 Å². The van der Waals surface area contributed by atoms with Gasteiger partial charge in [-0.2, -0.15) is 0 Å². The van der Waals surface area contributed by atoms with E-state index >= 15 is 0 Å². The summed E-state index contributed by atoms with van der Waals surface area (Å²) in [7, 11) is 2.00. The number of likely N-dealkylation sites (tertiary alicyclic amines) is 1. The van der Waals surface area contributed by atoms with Crippen LogP contribution in [0.25, 0.3) is 0 Å². The lowest BCUT2D eigenvalue weighted by Gasteiger charge is -2.42. The number of aliphatic hydroxyl groups excluding tert-OH is 1. The van der Waals surface area contributed by atoms with Gasteiger partial charge < -0.3 is 15.3 Å². The molecular weight excluding hydrogens is 212 g/mol. The molecule has 1 saturated carbocycles. The Morgan fingerprint density at radius 1 is 1.29 bits per heavy atom. The minimum absolute atomic E-state index is 0.0402. The second kappa shape index (κ2) is 4.87. The van der Waals surface area contributed by atoms with E-state index in [1.165, 1.54) is 38.8 Å². The minimum atomic E-state index is -0.0402. The molecule has 2 N–H and O–H groups in total. The Hall–Kier alpha value is -0.120. The van der Waals surface area contributed by atoms with E-state index in [-0.39, 0.29) is 12.1 Å². The van der Waals surface area contributed by atoms with Crippen molar-refractivity contribution in [2.75, 3.05) is 33.3 Å². The molecule has 1 atom stereocenters. The SMILES string of the molecule is CNC(CO)(CN1CCC(C)(C)CC1)C1CC1. The largest absolute Gasteiger partial charge is 0.394 e. The Balaban J connectivity index is 1.91. The molecule has 0 amide bonds. The van der Waals surface area contributed by atoms with Gasteiger partial charge in [-0.15, -0.1) is 0 Å². The fourth-order valence-electron chi connectivity index (χ4n) is 3.02. The summed E-state index contributed by atoms with van der Waals surface area (Å²) in [5.74, 6) is 0.687. The van der Waals surface area contributed by atoms with Crippen molar-refractivity contribution >= 4 is 0 Å². The molecule has 2 rings (SSSR count). The first-order valence-electron chi connectivity index (χ1n) is 7.03. The van der Waals surface area contributed by atoms with Gasteiger partial charge in [0, 0.05) is 6.54 Å². The Bertz CT molecular complexity index is 247. The summed E-state index contributed by atoms with van der Waals surface area (Å²) >= 11 is 0. The van der Waals surface area contributed by atoms with E-state index in [2.05, 4.69) is 24.1 Å². The molecule has 2 fully saturated rings. The molecular formula is C14H28N2O.